The lowest BCUT2D eigenvalue weighted by atomic mass is 9.33. The molecule has 0 spiro atoms. The molecular weight excluding hydrogens is 566 g/mol. The molecule has 0 radical (unpaired) electrons. The van der Waals surface area contributed by atoms with E-state index in [1.807, 2.05) is 24.5 Å². The van der Waals surface area contributed by atoms with Crippen LogP contribution in [0.2, 0.25) is 0 Å². The van der Waals surface area contributed by atoms with Gasteiger partial charge in [-0.05, 0) is 134 Å². The molecule has 5 nitrogen and oxygen atoms in total. The van der Waals surface area contributed by atoms with Gasteiger partial charge in [0, 0.05) is 44.0 Å². The Hall–Kier alpha value is -2.27. The molecule has 250 valence electrons. The first-order chi connectivity index (χ1) is 21.6. The second-order valence-corrected chi connectivity index (χ2v) is 18.6. The predicted octanol–water partition coefficient (Wildman–Crippen LogP) is 8.22. The fourth-order valence-corrected chi connectivity index (χ4v) is 12.6. The monoisotopic (exact) mass is 625 g/mol. The van der Waals surface area contributed by atoms with Crippen LogP contribution in [0.5, 0.6) is 0 Å². The molecule has 7 rings (SSSR count). The van der Waals surface area contributed by atoms with Crippen LogP contribution in [0.4, 0.5) is 0 Å². The number of ketones is 1. The van der Waals surface area contributed by atoms with Gasteiger partial charge in [-0.25, -0.2) is 0 Å². The number of amides is 1. The number of fused-ring (bicyclic) bond motifs is 7. The second kappa shape index (κ2) is 10.6. The zero-order valence-electron chi connectivity index (χ0n) is 30.0. The summed E-state index contributed by atoms with van der Waals surface area (Å²) in [6.45, 7) is 20.8. The van der Waals surface area contributed by atoms with Crippen molar-refractivity contribution in [2.75, 3.05) is 33.2 Å². The number of aromatic nitrogens is 1. The number of nitrogens with zero attached hydrogens (tertiary/aromatic N) is 3. The van der Waals surface area contributed by atoms with Crippen molar-refractivity contribution in [1.82, 2.24) is 14.8 Å². The molecular formula is C41H59N3O2. The molecule has 2 heterocycles. The smallest absolute Gasteiger partial charge is 0.229 e. The van der Waals surface area contributed by atoms with Crippen molar-refractivity contribution >= 4 is 17.8 Å². The molecule has 0 aromatic carbocycles. The number of carbonyl (C=O) groups is 2. The van der Waals surface area contributed by atoms with Gasteiger partial charge in [-0.3, -0.25) is 14.6 Å². The molecule has 6 aliphatic rings. The molecule has 0 unspecified atom stereocenters. The van der Waals surface area contributed by atoms with Gasteiger partial charge in [-0.15, -0.1) is 0 Å². The van der Waals surface area contributed by atoms with Crippen LogP contribution in [0.25, 0.3) is 6.08 Å². The van der Waals surface area contributed by atoms with Crippen molar-refractivity contribution in [2.45, 2.75) is 106 Å². The first-order valence-corrected chi connectivity index (χ1v) is 18.4. The van der Waals surface area contributed by atoms with Crippen molar-refractivity contribution in [3.8, 4) is 0 Å². The first-order valence-electron chi connectivity index (χ1n) is 18.4. The molecule has 5 fully saturated rings. The van der Waals surface area contributed by atoms with E-state index in [4.69, 9.17) is 0 Å². The van der Waals surface area contributed by atoms with Crippen molar-refractivity contribution < 1.29 is 9.59 Å². The van der Waals surface area contributed by atoms with E-state index < -0.39 is 0 Å². The van der Waals surface area contributed by atoms with Crippen molar-refractivity contribution in [1.29, 1.82) is 0 Å². The predicted molar refractivity (Wildman–Crippen MR) is 186 cm³/mol. The minimum Gasteiger partial charge on any atom is -0.340 e. The van der Waals surface area contributed by atoms with Crippen LogP contribution in [0.1, 0.15) is 112 Å². The molecule has 1 aromatic heterocycles. The summed E-state index contributed by atoms with van der Waals surface area (Å²) in [5, 5.41) is 0. The Morgan fingerprint density at radius 2 is 1.57 bits per heavy atom. The van der Waals surface area contributed by atoms with Crippen LogP contribution in [0, 0.1) is 50.2 Å². The highest BCUT2D eigenvalue weighted by Crippen LogP contribution is 2.76. The maximum atomic E-state index is 14.7. The normalized spacial score (nSPS) is 42.7. The number of likely N-dealkylation sites (N-methyl/N-ethyl adjacent to an activating group) is 1. The van der Waals surface area contributed by atoms with Crippen molar-refractivity contribution in [3.05, 3.63) is 47.3 Å². The lowest BCUT2D eigenvalue weighted by Crippen LogP contribution is -2.65. The van der Waals surface area contributed by atoms with Crippen molar-refractivity contribution in [3.63, 3.8) is 0 Å². The molecule has 46 heavy (non-hydrogen) atoms. The summed E-state index contributed by atoms with van der Waals surface area (Å²) < 4.78 is 0. The third-order valence-electron chi connectivity index (χ3n) is 15.5. The molecule has 1 aromatic rings. The van der Waals surface area contributed by atoms with Gasteiger partial charge >= 0.3 is 0 Å². The number of piperazine rings is 1. The molecule has 5 heteroatoms. The summed E-state index contributed by atoms with van der Waals surface area (Å²) in [4.78, 5) is 37.7. The number of hydrogen-bond donors (Lipinski definition) is 0. The molecule has 4 saturated carbocycles. The van der Waals surface area contributed by atoms with Gasteiger partial charge in [-0.2, -0.15) is 0 Å². The van der Waals surface area contributed by atoms with Crippen LogP contribution in [0.3, 0.4) is 0 Å². The maximum Gasteiger partial charge on any atom is 0.229 e. The summed E-state index contributed by atoms with van der Waals surface area (Å²) in [6.07, 6.45) is 18.1. The van der Waals surface area contributed by atoms with E-state index in [2.05, 4.69) is 82.4 Å². The molecule has 5 aliphatic carbocycles. The Morgan fingerprint density at radius 1 is 0.891 bits per heavy atom. The fourth-order valence-electron chi connectivity index (χ4n) is 12.6. The third-order valence-corrected chi connectivity index (χ3v) is 15.5. The number of pyridine rings is 1. The number of hydrogen-bond acceptors (Lipinski definition) is 4. The van der Waals surface area contributed by atoms with E-state index in [9.17, 15) is 9.59 Å². The van der Waals surface area contributed by atoms with Crippen LogP contribution in [-0.2, 0) is 9.59 Å². The fraction of sp³-hybridized carbons (Fsp3) is 0.732. The number of allylic oxidation sites excluding steroid dienone is 3. The zero-order valence-corrected chi connectivity index (χ0v) is 30.0. The highest BCUT2D eigenvalue weighted by Gasteiger charge is 2.69. The van der Waals surface area contributed by atoms with E-state index in [1.54, 1.807) is 5.57 Å². The minimum absolute atomic E-state index is 0.0321. The largest absolute Gasteiger partial charge is 0.340 e. The summed E-state index contributed by atoms with van der Waals surface area (Å²) in [6, 6.07) is 4.04. The Labute approximate surface area is 278 Å². The Kier molecular flexibility index (Phi) is 7.45. The Bertz CT molecular complexity index is 1470. The van der Waals surface area contributed by atoms with Gasteiger partial charge < -0.3 is 9.80 Å². The average Bonchev–Trinajstić information content (AvgIpc) is 3.00. The van der Waals surface area contributed by atoms with Gasteiger partial charge in [-0.1, -0.05) is 60.1 Å². The lowest BCUT2D eigenvalue weighted by Gasteiger charge is -2.71. The quantitative estimate of drug-likeness (QED) is 0.246. The Morgan fingerprint density at radius 3 is 2.26 bits per heavy atom. The second-order valence-electron chi connectivity index (χ2n) is 18.6. The van der Waals surface area contributed by atoms with Crippen LogP contribution in [-0.4, -0.2) is 59.7 Å². The average molecular weight is 626 g/mol. The molecule has 0 N–H and O–H groups in total. The number of carbonyl (C=O) groups excluding carboxylic acids is 2. The third kappa shape index (κ3) is 4.52. The van der Waals surface area contributed by atoms with Gasteiger partial charge in [0.1, 0.15) is 0 Å². The zero-order chi connectivity index (χ0) is 32.9. The van der Waals surface area contributed by atoms with Gasteiger partial charge in [0.25, 0.3) is 0 Å². The number of Topliss-reactive ketones (excluding diaryl/α,β-unsaturated/α-hetero) is 1. The molecule has 1 amide bonds. The highest BCUT2D eigenvalue weighted by atomic mass is 16.2. The van der Waals surface area contributed by atoms with Crippen molar-refractivity contribution in [2.24, 2.45) is 50.2 Å². The first kappa shape index (κ1) is 32.3. The summed E-state index contributed by atoms with van der Waals surface area (Å²) in [7, 11) is 2.18. The van der Waals surface area contributed by atoms with E-state index in [-0.39, 0.29) is 32.5 Å². The SMILES string of the molecule is CN1CCN(C(=O)[C@]23CCC(C)(C)C[C@H]2C2=CC[C@@H]4[C@@]5(C)C/C(=C/c6ccncc6)C(=O)C(C)(C)[C@@H]5CC[C@@]4(C)[C@]2(C)CC3)CC1. The standard InChI is InChI=1S/C41H59N3O2/c1-36(2)15-17-41(35(46)44-23-21-43(8)22-24-44)18-16-39(6)30(31(41)27-36)9-10-33-38(5)26-29(25-28-12-19-42-20-13-28)34(45)37(3,4)32(38)11-14-40(33,39)7/h9,12-13,19-20,25,31-33H,10-11,14-18,21-24,26-27H2,1-8H3/b29-25-/t31-,32-,33+,38-,39+,40+,41-/m0/s1. The summed E-state index contributed by atoms with van der Waals surface area (Å²) in [5.41, 5.74) is 3.54. The van der Waals surface area contributed by atoms with E-state index in [1.165, 1.54) is 6.42 Å². The van der Waals surface area contributed by atoms with Crippen LogP contribution >= 0.6 is 0 Å². The van der Waals surface area contributed by atoms with Gasteiger partial charge in [0.2, 0.25) is 5.91 Å². The van der Waals surface area contributed by atoms with Crippen LogP contribution in [0.15, 0.2) is 41.7 Å². The summed E-state index contributed by atoms with van der Waals surface area (Å²) in [5.74, 6) is 2.00. The van der Waals surface area contributed by atoms with E-state index >= 15 is 0 Å². The molecule has 0 bridgehead atoms. The van der Waals surface area contributed by atoms with Crippen LogP contribution < -0.4 is 0 Å². The highest BCUT2D eigenvalue weighted by molar-refractivity contribution is 6.04. The minimum atomic E-state index is -0.387. The van der Waals surface area contributed by atoms with E-state index in [0.717, 1.165) is 88.7 Å². The van der Waals surface area contributed by atoms with Gasteiger partial charge in [0.05, 0.1) is 5.41 Å². The lowest BCUT2D eigenvalue weighted by molar-refractivity contribution is -0.182. The number of rotatable bonds is 2. The molecule has 1 aliphatic heterocycles. The maximum absolute atomic E-state index is 14.7. The Balaban J connectivity index is 1.29. The molecule has 1 saturated heterocycles. The van der Waals surface area contributed by atoms with Gasteiger partial charge in [0.15, 0.2) is 5.78 Å². The van der Waals surface area contributed by atoms with E-state index in [0.29, 0.717) is 29.4 Å². The molecule has 7 atom stereocenters. The topological polar surface area (TPSA) is 53.5 Å². The summed E-state index contributed by atoms with van der Waals surface area (Å²) >= 11 is 0.